The zero-order valence-corrected chi connectivity index (χ0v) is 12.5. The van der Waals surface area contributed by atoms with Gasteiger partial charge in [-0.3, -0.25) is 15.1 Å². The Labute approximate surface area is 133 Å². The summed E-state index contributed by atoms with van der Waals surface area (Å²) in [6.45, 7) is 0.587. The highest BCUT2D eigenvalue weighted by atomic mass is 16.6. The monoisotopic (exact) mass is 311 g/mol. The molecule has 118 valence electrons. The Bertz CT molecular complexity index is 714. The van der Waals surface area contributed by atoms with E-state index in [0.717, 1.165) is 35.9 Å². The third-order valence-corrected chi connectivity index (χ3v) is 4.14. The second-order valence-corrected chi connectivity index (χ2v) is 5.51. The van der Waals surface area contributed by atoms with Crippen molar-refractivity contribution in [2.45, 2.75) is 25.4 Å². The minimum Gasteiger partial charge on any atom is -0.514 e. The van der Waals surface area contributed by atoms with Crippen LogP contribution in [0.1, 0.15) is 30.0 Å². The molecule has 0 amide bonds. The fourth-order valence-corrected chi connectivity index (χ4v) is 2.97. The molecule has 1 aromatic carbocycles. The van der Waals surface area contributed by atoms with Crippen molar-refractivity contribution in [1.82, 2.24) is 9.88 Å². The minimum absolute atomic E-state index is 0.0805. The Morgan fingerprint density at radius 2 is 2.13 bits per heavy atom. The van der Waals surface area contributed by atoms with Gasteiger partial charge < -0.3 is 10.0 Å². The molecule has 2 aromatic rings. The van der Waals surface area contributed by atoms with E-state index in [4.69, 9.17) is 0 Å². The summed E-state index contributed by atoms with van der Waals surface area (Å²) in [5.74, 6) is 0. The number of nitro benzene ring substituents is 1. The molecular weight excluding hydrogens is 294 g/mol. The van der Waals surface area contributed by atoms with Gasteiger partial charge in [0.25, 0.3) is 5.69 Å². The summed E-state index contributed by atoms with van der Waals surface area (Å²) >= 11 is 0. The molecule has 1 saturated heterocycles. The molecule has 6 nitrogen and oxygen atoms in total. The third-order valence-electron chi connectivity index (χ3n) is 4.14. The SMILES string of the molecule is O=[N+]([O-])c1ccc(CN2C(=CO)CCC2c2cccnc2)cc1. The summed E-state index contributed by atoms with van der Waals surface area (Å²) in [5, 5.41) is 20.2. The van der Waals surface area contributed by atoms with Crippen molar-refractivity contribution in [3.05, 3.63) is 82.0 Å². The number of pyridine rings is 1. The van der Waals surface area contributed by atoms with E-state index in [-0.39, 0.29) is 11.7 Å². The van der Waals surface area contributed by atoms with E-state index < -0.39 is 4.92 Å². The number of hydrogen-bond acceptors (Lipinski definition) is 5. The first-order valence-electron chi connectivity index (χ1n) is 7.42. The molecule has 0 saturated carbocycles. The molecule has 2 heterocycles. The van der Waals surface area contributed by atoms with Gasteiger partial charge in [-0.1, -0.05) is 18.2 Å². The number of nitro groups is 1. The molecule has 1 aliphatic rings. The second kappa shape index (κ2) is 6.48. The van der Waals surface area contributed by atoms with E-state index in [0.29, 0.717) is 6.54 Å². The van der Waals surface area contributed by atoms with Crippen molar-refractivity contribution in [1.29, 1.82) is 0 Å². The Hall–Kier alpha value is -2.89. The predicted molar refractivity (Wildman–Crippen MR) is 85.6 cm³/mol. The Balaban J connectivity index is 1.84. The fourth-order valence-electron chi connectivity index (χ4n) is 2.97. The van der Waals surface area contributed by atoms with Gasteiger partial charge in [-0.2, -0.15) is 0 Å². The van der Waals surface area contributed by atoms with E-state index in [1.165, 1.54) is 12.1 Å². The van der Waals surface area contributed by atoms with Crippen LogP contribution in [0.2, 0.25) is 0 Å². The lowest BCUT2D eigenvalue weighted by atomic mass is 10.1. The lowest BCUT2D eigenvalue weighted by Crippen LogP contribution is -2.21. The molecule has 1 aromatic heterocycles. The first kappa shape index (κ1) is 15.0. The van der Waals surface area contributed by atoms with Crippen LogP contribution in [0.4, 0.5) is 5.69 Å². The van der Waals surface area contributed by atoms with Gasteiger partial charge in [-0.15, -0.1) is 0 Å². The first-order chi connectivity index (χ1) is 11.2. The number of aliphatic hydroxyl groups excluding tert-OH is 1. The summed E-state index contributed by atoms with van der Waals surface area (Å²) in [6.07, 6.45) is 6.44. The van der Waals surface area contributed by atoms with Crippen molar-refractivity contribution in [2.24, 2.45) is 0 Å². The van der Waals surface area contributed by atoms with Crippen molar-refractivity contribution >= 4 is 5.69 Å². The van der Waals surface area contributed by atoms with Crippen LogP contribution in [0.3, 0.4) is 0 Å². The molecular formula is C17H17N3O3. The van der Waals surface area contributed by atoms with Gasteiger partial charge in [-0.25, -0.2) is 0 Å². The summed E-state index contributed by atoms with van der Waals surface area (Å²) in [7, 11) is 0. The van der Waals surface area contributed by atoms with Crippen LogP contribution in [-0.2, 0) is 6.54 Å². The second-order valence-electron chi connectivity index (χ2n) is 5.51. The average Bonchev–Trinajstić information content (AvgIpc) is 2.99. The van der Waals surface area contributed by atoms with Crippen LogP contribution in [0.5, 0.6) is 0 Å². The maximum atomic E-state index is 10.7. The molecule has 1 aliphatic heterocycles. The van der Waals surface area contributed by atoms with Crippen molar-refractivity contribution in [2.75, 3.05) is 0 Å². The molecule has 1 N–H and O–H groups in total. The minimum atomic E-state index is -0.406. The van der Waals surface area contributed by atoms with E-state index >= 15 is 0 Å². The van der Waals surface area contributed by atoms with Crippen molar-refractivity contribution in [3.8, 4) is 0 Å². The largest absolute Gasteiger partial charge is 0.514 e. The van der Waals surface area contributed by atoms with E-state index in [1.807, 2.05) is 18.3 Å². The normalized spacial score (nSPS) is 19.2. The standard InChI is InChI=1S/C17H17N3O3/c21-12-16-7-8-17(14-2-1-9-18-10-14)19(16)11-13-3-5-15(6-4-13)20(22)23/h1-6,9-10,12,17,21H,7-8,11H2. The first-order valence-corrected chi connectivity index (χ1v) is 7.42. The van der Waals surface area contributed by atoms with Crippen LogP contribution in [0, 0.1) is 10.1 Å². The Morgan fingerprint density at radius 3 is 2.74 bits per heavy atom. The number of allylic oxidation sites excluding steroid dienone is 1. The van der Waals surface area contributed by atoms with Gasteiger partial charge in [0.05, 0.1) is 17.2 Å². The smallest absolute Gasteiger partial charge is 0.269 e. The highest BCUT2D eigenvalue weighted by molar-refractivity contribution is 5.33. The molecule has 0 bridgehead atoms. The molecule has 6 heteroatoms. The summed E-state index contributed by atoms with van der Waals surface area (Å²) in [4.78, 5) is 16.6. The quantitative estimate of drug-likeness (QED) is 0.529. The Morgan fingerprint density at radius 1 is 1.35 bits per heavy atom. The van der Waals surface area contributed by atoms with Gasteiger partial charge in [0.2, 0.25) is 0 Å². The van der Waals surface area contributed by atoms with Crippen LogP contribution >= 0.6 is 0 Å². The number of aliphatic hydroxyl groups is 1. The summed E-state index contributed by atoms with van der Waals surface area (Å²) < 4.78 is 0. The molecule has 1 unspecified atom stereocenters. The maximum absolute atomic E-state index is 10.7. The fraction of sp³-hybridized carbons (Fsp3) is 0.235. The number of non-ortho nitro benzene ring substituents is 1. The van der Waals surface area contributed by atoms with Crippen molar-refractivity contribution < 1.29 is 10.0 Å². The highest BCUT2D eigenvalue weighted by Gasteiger charge is 2.29. The van der Waals surface area contributed by atoms with Crippen LogP contribution in [0.15, 0.2) is 60.8 Å². The van der Waals surface area contributed by atoms with Crippen molar-refractivity contribution in [3.63, 3.8) is 0 Å². The third kappa shape index (κ3) is 3.15. The number of rotatable bonds is 4. The van der Waals surface area contributed by atoms with E-state index in [2.05, 4.69) is 9.88 Å². The van der Waals surface area contributed by atoms with Crippen LogP contribution in [-0.4, -0.2) is 19.9 Å². The zero-order chi connectivity index (χ0) is 16.2. The molecule has 0 radical (unpaired) electrons. The molecule has 1 atom stereocenters. The van der Waals surface area contributed by atoms with E-state index in [9.17, 15) is 15.2 Å². The summed E-state index contributed by atoms with van der Waals surface area (Å²) in [5.41, 5.74) is 3.02. The van der Waals surface area contributed by atoms with Gasteiger partial charge >= 0.3 is 0 Å². The summed E-state index contributed by atoms with van der Waals surface area (Å²) in [6, 6.07) is 10.6. The lowest BCUT2D eigenvalue weighted by molar-refractivity contribution is -0.384. The van der Waals surface area contributed by atoms with Crippen LogP contribution in [0.25, 0.3) is 0 Å². The van der Waals surface area contributed by atoms with Gasteiger partial charge in [0, 0.05) is 36.8 Å². The maximum Gasteiger partial charge on any atom is 0.269 e. The highest BCUT2D eigenvalue weighted by Crippen LogP contribution is 2.39. The Kier molecular flexibility index (Phi) is 4.23. The lowest BCUT2D eigenvalue weighted by Gasteiger charge is -2.27. The topological polar surface area (TPSA) is 79.5 Å². The average molecular weight is 311 g/mol. The molecule has 0 spiro atoms. The van der Waals surface area contributed by atoms with E-state index in [1.54, 1.807) is 18.3 Å². The van der Waals surface area contributed by atoms with Gasteiger partial charge in [0.1, 0.15) is 0 Å². The van der Waals surface area contributed by atoms with Gasteiger partial charge in [-0.05, 0) is 30.0 Å². The molecule has 0 aliphatic carbocycles. The number of nitrogens with zero attached hydrogens (tertiary/aromatic N) is 3. The molecule has 23 heavy (non-hydrogen) atoms. The molecule has 1 fully saturated rings. The number of benzene rings is 1. The number of hydrogen-bond donors (Lipinski definition) is 1. The van der Waals surface area contributed by atoms with Gasteiger partial charge in [0.15, 0.2) is 0 Å². The van der Waals surface area contributed by atoms with Crippen LogP contribution < -0.4 is 0 Å². The predicted octanol–water partition coefficient (Wildman–Crippen LogP) is 3.73. The number of aromatic nitrogens is 1. The number of likely N-dealkylation sites (tertiary alicyclic amines) is 1. The molecule has 3 rings (SSSR count). The zero-order valence-electron chi connectivity index (χ0n) is 12.5.